The van der Waals surface area contributed by atoms with Gasteiger partial charge in [0.1, 0.15) is 5.75 Å². The normalized spacial score (nSPS) is 10.9. The van der Waals surface area contributed by atoms with Crippen LogP contribution in [-0.4, -0.2) is 6.61 Å². The molecule has 2 aromatic rings. The number of rotatable bonds is 3. The number of halogens is 6. The Morgan fingerprint density at radius 3 is 2.10 bits per heavy atom. The van der Waals surface area contributed by atoms with Crippen LogP contribution in [0.15, 0.2) is 30.3 Å². The Morgan fingerprint density at radius 2 is 1.45 bits per heavy atom. The van der Waals surface area contributed by atoms with E-state index >= 15 is 0 Å². The molecular formula is C13H6Cl4F2O. The SMILES string of the molecule is FC(F)Oc1cc(-c2c(Cl)ccc(Cl)c2Cl)ccc1Cl. The van der Waals surface area contributed by atoms with E-state index in [9.17, 15) is 8.78 Å². The lowest BCUT2D eigenvalue weighted by molar-refractivity contribution is -0.0497. The van der Waals surface area contributed by atoms with E-state index in [0.717, 1.165) is 0 Å². The summed E-state index contributed by atoms with van der Waals surface area (Å²) in [5.74, 6) is -0.161. The molecule has 2 aromatic carbocycles. The van der Waals surface area contributed by atoms with Crippen molar-refractivity contribution in [3.05, 3.63) is 50.4 Å². The van der Waals surface area contributed by atoms with Gasteiger partial charge in [0.05, 0.1) is 15.1 Å². The molecule has 2 rings (SSSR count). The van der Waals surface area contributed by atoms with Gasteiger partial charge in [-0.05, 0) is 29.8 Å². The maximum absolute atomic E-state index is 12.3. The molecule has 0 fully saturated rings. The Kier molecular flexibility index (Phi) is 4.97. The average molecular weight is 358 g/mol. The molecule has 0 aliphatic carbocycles. The van der Waals surface area contributed by atoms with Crippen molar-refractivity contribution in [3.8, 4) is 16.9 Å². The van der Waals surface area contributed by atoms with Gasteiger partial charge in [-0.25, -0.2) is 0 Å². The summed E-state index contributed by atoms with van der Waals surface area (Å²) < 4.78 is 28.9. The van der Waals surface area contributed by atoms with Crippen LogP contribution in [0.4, 0.5) is 8.78 Å². The largest absolute Gasteiger partial charge is 0.433 e. The molecule has 0 aliphatic rings. The van der Waals surface area contributed by atoms with Crippen molar-refractivity contribution in [2.24, 2.45) is 0 Å². The first-order valence-corrected chi connectivity index (χ1v) is 6.79. The summed E-state index contributed by atoms with van der Waals surface area (Å²) in [6, 6.07) is 7.44. The summed E-state index contributed by atoms with van der Waals surface area (Å²) in [7, 11) is 0. The summed E-state index contributed by atoms with van der Waals surface area (Å²) >= 11 is 23.9. The van der Waals surface area contributed by atoms with Gasteiger partial charge in [0.2, 0.25) is 0 Å². The van der Waals surface area contributed by atoms with Crippen molar-refractivity contribution in [2.75, 3.05) is 0 Å². The van der Waals surface area contributed by atoms with E-state index in [1.807, 2.05) is 0 Å². The Bertz CT molecular complexity index is 647. The van der Waals surface area contributed by atoms with Crippen LogP contribution in [0.5, 0.6) is 5.75 Å². The van der Waals surface area contributed by atoms with Crippen LogP contribution < -0.4 is 4.74 Å². The van der Waals surface area contributed by atoms with Gasteiger partial charge in [-0.15, -0.1) is 0 Å². The topological polar surface area (TPSA) is 9.23 Å². The fourth-order valence-electron chi connectivity index (χ4n) is 1.64. The molecule has 0 amide bonds. The minimum Gasteiger partial charge on any atom is -0.433 e. The number of alkyl halides is 2. The van der Waals surface area contributed by atoms with Gasteiger partial charge in [0, 0.05) is 10.6 Å². The Labute approximate surface area is 134 Å². The predicted octanol–water partition coefficient (Wildman–Crippen LogP) is 6.57. The lowest BCUT2D eigenvalue weighted by atomic mass is 10.1. The van der Waals surface area contributed by atoms with E-state index in [0.29, 0.717) is 21.2 Å². The number of hydrogen-bond acceptors (Lipinski definition) is 1. The van der Waals surface area contributed by atoms with Gasteiger partial charge in [-0.1, -0.05) is 52.5 Å². The zero-order chi connectivity index (χ0) is 14.9. The molecule has 0 bridgehead atoms. The molecular weight excluding hydrogens is 352 g/mol. The standard InChI is InChI=1S/C13H6Cl4F2O/c14-7-2-1-6(5-10(7)20-13(18)19)11-8(15)3-4-9(16)12(11)17/h1-5,13H. The highest BCUT2D eigenvalue weighted by Crippen LogP contribution is 2.41. The third-order valence-electron chi connectivity index (χ3n) is 2.48. The molecule has 0 heterocycles. The van der Waals surface area contributed by atoms with Crippen LogP contribution in [0, 0.1) is 0 Å². The molecule has 0 aliphatic heterocycles. The maximum atomic E-state index is 12.3. The van der Waals surface area contributed by atoms with Gasteiger partial charge in [-0.2, -0.15) is 8.78 Å². The summed E-state index contributed by atoms with van der Waals surface area (Å²) in [6.45, 7) is -2.98. The molecule has 0 atom stereocenters. The van der Waals surface area contributed by atoms with Gasteiger partial charge in [0.25, 0.3) is 0 Å². The minimum atomic E-state index is -2.98. The zero-order valence-electron chi connectivity index (χ0n) is 9.64. The Hall–Kier alpha value is -0.740. The fourth-order valence-corrected chi connectivity index (χ4v) is 2.55. The van der Waals surface area contributed by atoms with Gasteiger partial charge >= 0.3 is 6.61 Å². The van der Waals surface area contributed by atoms with E-state index in [2.05, 4.69) is 4.74 Å². The number of benzene rings is 2. The highest BCUT2D eigenvalue weighted by atomic mass is 35.5. The second kappa shape index (κ2) is 6.35. The van der Waals surface area contributed by atoms with E-state index in [1.54, 1.807) is 18.2 Å². The predicted molar refractivity (Wildman–Crippen MR) is 78.6 cm³/mol. The van der Waals surface area contributed by atoms with Crippen LogP contribution in [0.1, 0.15) is 0 Å². The lowest BCUT2D eigenvalue weighted by Gasteiger charge is -2.12. The lowest BCUT2D eigenvalue weighted by Crippen LogP contribution is -2.02. The third-order valence-corrected chi connectivity index (χ3v) is 3.91. The molecule has 0 unspecified atom stereocenters. The Balaban J connectivity index is 2.57. The van der Waals surface area contributed by atoms with E-state index in [1.165, 1.54) is 12.1 Å². The van der Waals surface area contributed by atoms with Crippen molar-refractivity contribution < 1.29 is 13.5 Å². The van der Waals surface area contributed by atoms with Crippen molar-refractivity contribution >= 4 is 46.4 Å². The third kappa shape index (κ3) is 3.29. The van der Waals surface area contributed by atoms with Crippen molar-refractivity contribution in [2.45, 2.75) is 6.61 Å². The molecule has 0 spiro atoms. The Morgan fingerprint density at radius 1 is 0.850 bits per heavy atom. The molecule has 0 aromatic heterocycles. The monoisotopic (exact) mass is 356 g/mol. The molecule has 0 radical (unpaired) electrons. The van der Waals surface area contributed by atoms with Crippen LogP contribution in [0.3, 0.4) is 0 Å². The van der Waals surface area contributed by atoms with Gasteiger partial charge in [0.15, 0.2) is 0 Å². The van der Waals surface area contributed by atoms with Crippen LogP contribution in [0.2, 0.25) is 20.1 Å². The van der Waals surface area contributed by atoms with Crippen molar-refractivity contribution in [3.63, 3.8) is 0 Å². The fraction of sp³-hybridized carbons (Fsp3) is 0.0769. The van der Waals surface area contributed by atoms with Crippen molar-refractivity contribution in [1.29, 1.82) is 0 Å². The smallest absolute Gasteiger partial charge is 0.387 e. The molecule has 0 saturated carbocycles. The molecule has 106 valence electrons. The quantitative estimate of drug-likeness (QED) is 0.564. The molecule has 7 heteroatoms. The average Bonchev–Trinajstić information content (AvgIpc) is 2.37. The van der Waals surface area contributed by atoms with Crippen molar-refractivity contribution in [1.82, 2.24) is 0 Å². The first kappa shape index (κ1) is 15.6. The first-order valence-electron chi connectivity index (χ1n) is 5.28. The summed E-state index contributed by atoms with van der Waals surface area (Å²) in [4.78, 5) is 0. The molecule has 20 heavy (non-hydrogen) atoms. The molecule has 0 saturated heterocycles. The number of hydrogen-bond donors (Lipinski definition) is 0. The highest BCUT2D eigenvalue weighted by molar-refractivity contribution is 6.46. The second-order valence-corrected chi connectivity index (χ2v) is 5.34. The maximum Gasteiger partial charge on any atom is 0.387 e. The van der Waals surface area contributed by atoms with Gasteiger partial charge < -0.3 is 4.74 Å². The molecule has 0 N–H and O–H groups in total. The second-order valence-electron chi connectivity index (χ2n) is 3.74. The summed E-state index contributed by atoms with van der Waals surface area (Å²) in [5.41, 5.74) is 0.902. The number of ether oxygens (including phenoxy) is 1. The van der Waals surface area contributed by atoms with Crippen LogP contribution in [0.25, 0.3) is 11.1 Å². The first-order chi connectivity index (χ1) is 9.40. The van der Waals surface area contributed by atoms with Gasteiger partial charge in [-0.3, -0.25) is 0 Å². The highest BCUT2D eigenvalue weighted by Gasteiger charge is 2.15. The summed E-state index contributed by atoms with van der Waals surface area (Å²) in [6.07, 6.45) is 0. The zero-order valence-corrected chi connectivity index (χ0v) is 12.7. The van der Waals surface area contributed by atoms with Crippen LogP contribution in [-0.2, 0) is 0 Å². The van der Waals surface area contributed by atoms with Crippen LogP contribution >= 0.6 is 46.4 Å². The van der Waals surface area contributed by atoms with E-state index in [-0.39, 0.29) is 15.8 Å². The summed E-state index contributed by atoms with van der Waals surface area (Å²) in [5, 5.41) is 0.926. The molecule has 1 nitrogen and oxygen atoms in total. The van der Waals surface area contributed by atoms with E-state index < -0.39 is 6.61 Å². The minimum absolute atomic E-state index is 0.0586. The van der Waals surface area contributed by atoms with E-state index in [4.69, 9.17) is 46.4 Å².